The molecule has 6 nitrogen and oxygen atoms in total. The van der Waals surface area contributed by atoms with E-state index in [1.54, 1.807) is 14.0 Å². The Balaban J connectivity index is 2.55. The van der Waals surface area contributed by atoms with Gasteiger partial charge in [-0.15, -0.1) is 0 Å². The Morgan fingerprint density at radius 3 is 2.44 bits per heavy atom. The molecule has 1 aromatic carbocycles. The number of rotatable bonds is 7. The number of carbonyl (C=O) groups excluding carboxylic acids is 2. The van der Waals surface area contributed by atoms with E-state index in [0.717, 1.165) is 20.6 Å². The highest BCUT2D eigenvalue weighted by atomic mass is 79.9. The third-order valence-corrected chi connectivity index (χ3v) is 4.67. The molecule has 2 amide bonds. The fourth-order valence-electron chi connectivity index (χ4n) is 2.21. The van der Waals surface area contributed by atoms with Crippen LogP contribution in [0.3, 0.4) is 0 Å². The molecule has 0 aliphatic rings. The average molecular weight is 410 g/mol. The second kappa shape index (κ2) is 8.97. The predicted molar refractivity (Wildman–Crippen MR) is 101 cm³/mol. The first-order chi connectivity index (χ1) is 11.6. The zero-order chi connectivity index (χ0) is 19.2. The van der Waals surface area contributed by atoms with Crippen molar-refractivity contribution in [3.8, 4) is 6.07 Å². The summed E-state index contributed by atoms with van der Waals surface area (Å²) in [4.78, 5) is 25.1. The van der Waals surface area contributed by atoms with E-state index < -0.39 is 5.54 Å². The van der Waals surface area contributed by atoms with Gasteiger partial charge >= 0.3 is 0 Å². The first-order valence-corrected chi connectivity index (χ1v) is 8.96. The summed E-state index contributed by atoms with van der Waals surface area (Å²) in [7, 11) is 1.77. The lowest BCUT2D eigenvalue weighted by Gasteiger charge is -2.27. The molecule has 1 rings (SSSR count). The van der Waals surface area contributed by atoms with Crippen molar-refractivity contribution in [2.75, 3.05) is 25.5 Å². The summed E-state index contributed by atoms with van der Waals surface area (Å²) < 4.78 is 0.952. The molecule has 1 unspecified atom stereocenters. The van der Waals surface area contributed by atoms with Gasteiger partial charge in [-0.3, -0.25) is 9.59 Å². The zero-order valence-corrected chi connectivity index (χ0v) is 17.0. The van der Waals surface area contributed by atoms with Crippen LogP contribution in [0.15, 0.2) is 22.7 Å². The maximum Gasteiger partial charge on any atom is 0.279 e. The molecule has 0 aromatic heterocycles. The van der Waals surface area contributed by atoms with Crippen LogP contribution in [0.4, 0.5) is 5.69 Å². The first kappa shape index (κ1) is 21.1. The molecule has 3 N–H and O–H groups in total. The molecule has 0 saturated carbocycles. The van der Waals surface area contributed by atoms with Crippen molar-refractivity contribution in [2.45, 2.75) is 33.2 Å². The van der Waals surface area contributed by atoms with Gasteiger partial charge in [-0.1, -0.05) is 29.8 Å². The van der Waals surface area contributed by atoms with E-state index in [1.165, 1.54) is 0 Å². The van der Waals surface area contributed by atoms with Gasteiger partial charge in [-0.2, -0.15) is 5.26 Å². The number of halogens is 1. The fraction of sp³-hybridized carbons (Fsp3) is 0.500. The molecular weight excluding hydrogens is 384 g/mol. The van der Waals surface area contributed by atoms with Gasteiger partial charge in [0.1, 0.15) is 5.54 Å². The number of nitrogens with zero attached hydrogens (tertiary/aromatic N) is 1. The van der Waals surface area contributed by atoms with Crippen LogP contribution >= 0.6 is 15.9 Å². The van der Waals surface area contributed by atoms with Crippen LogP contribution in [-0.2, 0) is 9.59 Å². The lowest BCUT2D eigenvalue weighted by molar-refractivity contribution is -0.862. The monoisotopic (exact) mass is 409 g/mol. The average Bonchev–Trinajstić information content (AvgIpc) is 2.49. The van der Waals surface area contributed by atoms with Crippen molar-refractivity contribution in [3.05, 3.63) is 28.2 Å². The van der Waals surface area contributed by atoms with Gasteiger partial charge in [0.05, 0.1) is 13.1 Å². The van der Waals surface area contributed by atoms with Crippen LogP contribution in [-0.4, -0.2) is 37.5 Å². The van der Waals surface area contributed by atoms with E-state index in [0.29, 0.717) is 0 Å². The summed E-state index contributed by atoms with van der Waals surface area (Å²) in [5.41, 5.74) is 0.802. The Kier molecular flexibility index (Phi) is 7.59. The van der Waals surface area contributed by atoms with Crippen molar-refractivity contribution in [3.63, 3.8) is 0 Å². The summed E-state index contributed by atoms with van der Waals surface area (Å²) in [5.74, 6) is -0.420. The number of anilines is 1. The molecule has 25 heavy (non-hydrogen) atoms. The summed E-state index contributed by atoms with van der Waals surface area (Å²) in [5, 5.41) is 14.9. The molecular formula is C18H26BrN4O2+. The van der Waals surface area contributed by atoms with E-state index in [9.17, 15) is 14.9 Å². The number of benzene rings is 1. The standard InChI is InChI=1S/C18H25BrN4O2/c1-12(2)18(4,11-20)22-17(25)10-23(5)9-16(24)21-15-7-6-14(19)8-13(15)3/h6-8,12H,9-10H2,1-5H3,(H,21,24)(H,22,25)/p+1/t18-/m1/s1. The minimum atomic E-state index is -0.909. The van der Waals surface area contributed by atoms with Gasteiger partial charge in [0, 0.05) is 10.2 Å². The molecule has 0 saturated heterocycles. The quantitative estimate of drug-likeness (QED) is 0.633. The van der Waals surface area contributed by atoms with Gasteiger partial charge in [-0.25, -0.2) is 0 Å². The molecule has 2 atom stereocenters. The minimum Gasteiger partial charge on any atom is -0.333 e. The number of hydrogen-bond donors (Lipinski definition) is 3. The Morgan fingerprint density at radius 1 is 1.32 bits per heavy atom. The lowest BCUT2D eigenvalue weighted by Crippen LogP contribution is -3.11. The highest BCUT2D eigenvalue weighted by molar-refractivity contribution is 9.10. The van der Waals surface area contributed by atoms with E-state index in [2.05, 4.69) is 32.6 Å². The van der Waals surface area contributed by atoms with Gasteiger partial charge < -0.3 is 15.5 Å². The van der Waals surface area contributed by atoms with Gasteiger partial charge in [-0.05, 0) is 43.5 Å². The molecule has 0 bridgehead atoms. The largest absolute Gasteiger partial charge is 0.333 e. The molecule has 0 fully saturated rings. The van der Waals surface area contributed by atoms with E-state index in [4.69, 9.17) is 0 Å². The minimum absolute atomic E-state index is 0.00886. The third-order valence-electron chi connectivity index (χ3n) is 4.17. The van der Waals surface area contributed by atoms with Crippen molar-refractivity contribution < 1.29 is 14.5 Å². The van der Waals surface area contributed by atoms with Crippen molar-refractivity contribution in [2.24, 2.45) is 5.92 Å². The molecule has 0 aliphatic heterocycles. The summed E-state index contributed by atoms with van der Waals surface area (Å²) in [6, 6.07) is 7.76. The van der Waals surface area contributed by atoms with Gasteiger partial charge in [0.25, 0.3) is 11.8 Å². The summed E-state index contributed by atoms with van der Waals surface area (Å²) in [6.45, 7) is 7.67. The summed E-state index contributed by atoms with van der Waals surface area (Å²) in [6.07, 6.45) is 0. The van der Waals surface area contributed by atoms with Crippen LogP contribution < -0.4 is 15.5 Å². The number of hydrogen-bond acceptors (Lipinski definition) is 3. The summed E-state index contributed by atoms with van der Waals surface area (Å²) >= 11 is 3.39. The number of quaternary nitrogens is 1. The van der Waals surface area contributed by atoms with Crippen LogP contribution in [0.5, 0.6) is 0 Å². The zero-order valence-electron chi connectivity index (χ0n) is 15.4. The molecule has 136 valence electrons. The second-order valence-electron chi connectivity index (χ2n) is 6.84. The number of likely N-dealkylation sites (N-methyl/N-ethyl adjacent to an activating group) is 1. The van der Waals surface area contributed by atoms with E-state index in [-0.39, 0.29) is 30.8 Å². The molecule has 0 spiro atoms. The Morgan fingerprint density at radius 2 is 1.92 bits per heavy atom. The second-order valence-corrected chi connectivity index (χ2v) is 7.75. The Bertz CT molecular complexity index is 684. The van der Waals surface area contributed by atoms with Crippen molar-refractivity contribution in [1.29, 1.82) is 5.26 Å². The van der Waals surface area contributed by atoms with Crippen LogP contribution in [0.1, 0.15) is 26.3 Å². The van der Waals surface area contributed by atoms with Crippen LogP contribution in [0.25, 0.3) is 0 Å². The van der Waals surface area contributed by atoms with Gasteiger partial charge in [0.15, 0.2) is 13.1 Å². The lowest BCUT2D eigenvalue weighted by atomic mass is 9.90. The van der Waals surface area contributed by atoms with Crippen LogP contribution in [0, 0.1) is 24.2 Å². The van der Waals surface area contributed by atoms with E-state index >= 15 is 0 Å². The predicted octanol–water partition coefficient (Wildman–Crippen LogP) is 1.27. The highest BCUT2D eigenvalue weighted by Crippen LogP contribution is 2.19. The molecule has 1 aromatic rings. The molecule has 0 aliphatic carbocycles. The SMILES string of the molecule is Cc1cc(Br)ccc1NC(=O)C[NH+](C)CC(=O)N[C@](C)(C#N)C(C)C. The maximum absolute atomic E-state index is 12.2. The molecule has 0 heterocycles. The number of nitrogens with one attached hydrogen (secondary N) is 3. The van der Waals surface area contributed by atoms with Gasteiger partial charge in [0.2, 0.25) is 0 Å². The molecule has 7 heteroatoms. The van der Waals surface area contributed by atoms with Crippen molar-refractivity contribution in [1.82, 2.24) is 5.32 Å². The number of aryl methyl sites for hydroxylation is 1. The first-order valence-electron chi connectivity index (χ1n) is 8.17. The third kappa shape index (κ3) is 6.48. The van der Waals surface area contributed by atoms with Crippen molar-refractivity contribution >= 4 is 33.4 Å². The fourth-order valence-corrected chi connectivity index (χ4v) is 2.68. The maximum atomic E-state index is 12.2. The number of carbonyl (C=O) groups is 2. The molecule has 0 radical (unpaired) electrons. The normalized spacial score (nSPS) is 14.3. The highest BCUT2D eigenvalue weighted by Gasteiger charge is 2.31. The Hall–Kier alpha value is -1.91. The number of nitriles is 1. The van der Waals surface area contributed by atoms with E-state index in [1.807, 2.05) is 39.0 Å². The topological polar surface area (TPSA) is 86.4 Å². The smallest absolute Gasteiger partial charge is 0.279 e. The van der Waals surface area contributed by atoms with Crippen LogP contribution in [0.2, 0.25) is 0 Å². The Labute approximate surface area is 157 Å². The number of amides is 2.